The Labute approximate surface area is 198 Å². The van der Waals surface area contributed by atoms with Gasteiger partial charge in [-0.1, -0.05) is 54.1 Å². The Morgan fingerprint density at radius 3 is 2.15 bits per heavy atom. The second-order valence-corrected chi connectivity index (χ2v) is 8.29. The number of nitrogens with zero attached hydrogens (tertiary/aromatic N) is 2. The lowest BCUT2D eigenvalue weighted by Crippen LogP contribution is -2.08. The summed E-state index contributed by atoms with van der Waals surface area (Å²) in [6.07, 6.45) is 6.58. The quantitative estimate of drug-likeness (QED) is 0.248. The van der Waals surface area contributed by atoms with Gasteiger partial charge in [0.1, 0.15) is 0 Å². The van der Waals surface area contributed by atoms with Gasteiger partial charge < -0.3 is 4.90 Å². The average molecular weight is 455 g/mol. The smallest absolute Gasteiger partial charge is 0.254 e. The summed E-state index contributed by atoms with van der Waals surface area (Å²) in [6.45, 7) is 0. The highest BCUT2D eigenvalue weighted by atomic mass is 35.5. The van der Waals surface area contributed by atoms with Gasteiger partial charge in [-0.05, 0) is 53.6 Å². The number of rotatable bonds is 6. The van der Waals surface area contributed by atoms with E-state index >= 15 is 0 Å². The maximum absolute atomic E-state index is 13.3. The summed E-state index contributed by atoms with van der Waals surface area (Å²) in [5, 5.41) is 0.560. The van der Waals surface area contributed by atoms with E-state index in [1.165, 1.54) is 10.6 Å². The van der Waals surface area contributed by atoms with Gasteiger partial charge in [0.15, 0.2) is 5.78 Å². The van der Waals surface area contributed by atoms with Gasteiger partial charge in [0, 0.05) is 60.0 Å². The topological polar surface area (TPSA) is 42.3 Å². The van der Waals surface area contributed by atoms with E-state index in [-0.39, 0.29) is 11.7 Å². The molecular formula is C28H23ClN2O2. The van der Waals surface area contributed by atoms with Crippen molar-refractivity contribution in [3.63, 3.8) is 0 Å². The molecule has 1 heterocycles. The van der Waals surface area contributed by atoms with Crippen molar-refractivity contribution in [3.05, 3.63) is 119 Å². The Kier molecular flexibility index (Phi) is 6.57. The van der Waals surface area contributed by atoms with Crippen molar-refractivity contribution >= 4 is 35.1 Å². The Balaban J connectivity index is 1.74. The third kappa shape index (κ3) is 5.13. The van der Waals surface area contributed by atoms with Crippen LogP contribution in [0.25, 0.3) is 17.2 Å². The van der Waals surface area contributed by atoms with E-state index in [0.717, 1.165) is 16.8 Å². The third-order valence-electron chi connectivity index (χ3n) is 5.34. The molecule has 0 atom stereocenters. The Morgan fingerprint density at radius 2 is 1.52 bits per heavy atom. The third-order valence-corrected chi connectivity index (χ3v) is 5.60. The van der Waals surface area contributed by atoms with E-state index in [2.05, 4.69) is 0 Å². The summed E-state index contributed by atoms with van der Waals surface area (Å²) in [6, 6.07) is 24.2. The fraction of sp³-hybridized carbons (Fsp3) is 0.0714. The van der Waals surface area contributed by atoms with Gasteiger partial charge in [-0.25, -0.2) is 0 Å². The lowest BCUT2D eigenvalue weighted by Gasteiger charge is -2.12. The molecule has 4 nitrogen and oxygen atoms in total. The van der Waals surface area contributed by atoms with Crippen LogP contribution in [0.4, 0.5) is 5.69 Å². The first-order valence-corrected chi connectivity index (χ1v) is 10.9. The van der Waals surface area contributed by atoms with Crippen LogP contribution in [0.5, 0.6) is 0 Å². The van der Waals surface area contributed by atoms with Gasteiger partial charge in [-0.3, -0.25) is 14.2 Å². The number of carbonyl (C=O) groups is 2. The molecule has 4 rings (SSSR count). The van der Waals surface area contributed by atoms with Gasteiger partial charge in [0.05, 0.1) is 0 Å². The van der Waals surface area contributed by atoms with Crippen LogP contribution in [0.2, 0.25) is 5.02 Å². The van der Waals surface area contributed by atoms with Crippen molar-refractivity contribution in [1.82, 2.24) is 4.57 Å². The summed E-state index contributed by atoms with van der Waals surface area (Å²) >= 11 is 5.99. The Bertz CT molecular complexity index is 1300. The summed E-state index contributed by atoms with van der Waals surface area (Å²) in [5.41, 5.74) is 4.49. The normalized spacial score (nSPS) is 11.0. The monoisotopic (exact) mass is 454 g/mol. The summed E-state index contributed by atoms with van der Waals surface area (Å²) in [4.78, 5) is 28.3. The molecule has 0 amide bonds. The first-order chi connectivity index (χ1) is 15.9. The van der Waals surface area contributed by atoms with Crippen molar-refractivity contribution in [2.75, 3.05) is 19.0 Å². The van der Waals surface area contributed by atoms with Crippen LogP contribution in [-0.4, -0.2) is 30.4 Å². The van der Waals surface area contributed by atoms with E-state index in [0.29, 0.717) is 21.7 Å². The van der Waals surface area contributed by atoms with Gasteiger partial charge in [-0.2, -0.15) is 0 Å². The van der Waals surface area contributed by atoms with Gasteiger partial charge >= 0.3 is 0 Å². The minimum Gasteiger partial charge on any atom is -0.378 e. The minimum absolute atomic E-state index is 0.169. The largest absolute Gasteiger partial charge is 0.378 e. The zero-order chi connectivity index (χ0) is 23.4. The highest BCUT2D eigenvalue weighted by molar-refractivity contribution is 6.30. The molecule has 33 heavy (non-hydrogen) atoms. The number of benzene rings is 3. The molecule has 4 aromatic rings. The van der Waals surface area contributed by atoms with Crippen LogP contribution in [0.3, 0.4) is 0 Å². The van der Waals surface area contributed by atoms with Crippen molar-refractivity contribution in [2.24, 2.45) is 0 Å². The van der Waals surface area contributed by atoms with E-state index in [1.807, 2.05) is 73.6 Å². The highest BCUT2D eigenvalue weighted by Crippen LogP contribution is 2.29. The van der Waals surface area contributed by atoms with E-state index in [9.17, 15) is 9.59 Å². The molecule has 1 aromatic heterocycles. The zero-order valence-electron chi connectivity index (χ0n) is 18.4. The molecule has 0 saturated carbocycles. The van der Waals surface area contributed by atoms with Gasteiger partial charge in [0.2, 0.25) is 0 Å². The van der Waals surface area contributed by atoms with Gasteiger partial charge in [0.25, 0.3) is 5.91 Å². The molecule has 164 valence electrons. The number of hydrogen-bond acceptors (Lipinski definition) is 3. The van der Waals surface area contributed by atoms with Crippen LogP contribution in [0.1, 0.15) is 26.3 Å². The Hall–Kier alpha value is -3.89. The second kappa shape index (κ2) is 9.72. The molecule has 0 saturated heterocycles. The number of aromatic nitrogens is 1. The molecule has 5 heteroatoms. The number of halogens is 1. The lowest BCUT2D eigenvalue weighted by atomic mass is 9.98. The van der Waals surface area contributed by atoms with Gasteiger partial charge in [-0.15, -0.1) is 0 Å². The standard InChI is InChI=1S/C28H23ClN2O2/c1-30(2)24-15-11-21(12-16-24)25-18-31(27(32)17-8-20-6-4-3-5-7-20)19-26(25)28(33)22-9-13-23(29)14-10-22/h3-19H,1-2H3/b17-8+. The van der Waals surface area contributed by atoms with E-state index in [4.69, 9.17) is 11.6 Å². The van der Waals surface area contributed by atoms with Crippen molar-refractivity contribution in [2.45, 2.75) is 0 Å². The number of allylic oxidation sites excluding steroid dienone is 1. The predicted octanol–water partition coefficient (Wildman–Crippen LogP) is 6.46. The minimum atomic E-state index is -0.236. The first kappa shape index (κ1) is 22.3. The number of carbonyl (C=O) groups excluding carboxylic acids is 2. The maximum Gasteiger partial charge on any atom is 0.254 e. The van der Waals surface area contributed by atoms with Crippen LogP contribution in [0, 0.1) is 0 Å². The summed E-state index contributed by atoms with van der Waals surface area (Å²) in [5.74, 6) is -0.405. The molecule has 0 radical (unpaired) electrons. The summed E-state index contributed by atoms with van der Waals surface area (Å²) < 4.78 is 1.46. The van der Waals surface area contributed by atoms with Crippen molar-refractivity contribution in [3.8, 4) is 11.1 Å². The average Bonchev–Trinajstić information content (AvgIpc) is 3.29. The molecule has 0 bridgehead atoms. The molecule has 0 N–H and O–H groups in total. The highest BCUT2D eigenvalue weighted by Gasteiger charge is 2.19. The predicted molar refractivity (Wildman–Crippen MR) is 135 cm³/mol. The Morgan fingerprint density at radius 1 is 0.848 bits per heavy atom. The summed E-state index contributed by atoms with van der Waals surface area (Å²) in [7, 11) is 3.94. The fourth-order valence-electron chi connectivity index (χ4n) is 3.51. The van der Waals surface area contributed by atoms with Crippen molar-refractivity contribution < 1.29 is 9.59 Å². The molecular weight excluding hydrogens is 432 g/mol. The molecule has 0 aliphatic rings. The van der Waals surface area contributed by atoms with Crippen LogP contribution < -0.4 is 4.90 Å². The fourth-order valence-corrected chi connectivity index (χ4v) is 3.63. The van der Waals surface area contributed by atoms with Crippen LogP contribution in [-0.2, 0) is 0 Å². The molecule has 0 fully saturated rings. The number of hydrogen-bond donors (Lipinski definition) is 0. The molecule has 3 aromatic carbocycles. The van der Waals surface area contributed by atoms with E-state index < -0.39 is 0 Å². The molecule has 0 aliphatic heterocycles. The number of ketones is 1. The lowest BCUT2D eigenvalue weighted by molar-refractivity contribution is 0.0970. The zero-order valence-corrected chi connectivity index (χ0v) is 19.2. The number of anilines is 1. The van der Waals surface area contributed by atoms with Crippen LogP contribution in [0.15, 0.2) is 97.3 Å². The molecule has 0 spiro atoms. The molecule has 0 unspecified atom stereocenters. The second-order valence-electron chi connectivity index (χ2n) is 7.85. The maximum atomic E-state index is 13.3. The first-order valence-electron chi connectivity index (χ1n) is 10.5. The molecule has 0 aliphatic carbocycles. The van der Waals surface area contributed by atoms with E-state index in [1.54, 1.807) is 42.7 Å². The van der Waals surface area contributed by atoms with Crippen molar-refractivity contribution in [1.29, 1.82) is 0 Å². The SMILES string of the molecule is CN(C)c1ccc(-c2cn(C(=O)/C=C/c3ccccc3)cc2C(=O)c2ccc(Cl)cc2)cc1. The van der Waals surface area contributed by atoms with Crippen LogP contribution >= 0.6 is 11.6 Å².